The first-order chi connectivity index (χ1) is 15.7. The van der Waals surface area contributed by atoms with Crippen molar-refractivity contribution < 1.29 is 22.4 Å². The molecule has 0 atom stereocenters. The molecule has 2 aromatic rings. The number of sulfonamides is 1. The normalized spacial score (nSPS) is 17.0. The molecule has 33 heavy (non-hydrogen) atoms. The number of halogens is 1. The first-order valence-corrected chi connectivity index (χ1v) is 12.4. The van der Waals surface area contributed by atoms with Crippen molar-refractivity contribution in [1.82, 2.24) is 15.1 Å². The van der Waals surface area contributed by atoms with Crippen molar-refractivity contribution in [3.05, 3.63) is 59.4 Å². The van der Waals surface area contributed by atoms with Crippen LogP contribution in [0.25, 0.3) is 0 Å². The molecule has 2 N–H and O–H groups in total. The average Bonchev–Trinajstić information content (AvgIpc) is 3.59. The highest BCUT2D eigenvalue weighted by atomic mass is 32.2. The fraction of sp³-hybridized carbons (Fsp3) is 0.391. The molecule has 0 aromatic heterocycles. The SMILES string of the molecule is Cc1ccc(C(=O)N2CCN(CC(=O)NC3CC3)CC2)cc1S(=O)(=O)Nc1ccc(F)cc1. The quantitative estimate of drug-likeness (QED) is 0.639. The number of hydrogen-bond acceptors (Lipinski definition) is 5. The van der Waals surface area contributed by atoms with Gasteiger partial charge in [0.15, 0.2) is 0 Å². The van der Waals surface area contributed by atoms with Crippen LogP contribution >= 0.6 is 0 Å². The van der Waals surface area contributed by atoms with E-state index >= 15 is 0 Å². The number of benzene rings is 2. The van der Waals surface area contributed by atoms with Crippen LogP contribution in [-0.2, 0) is 14.8 Å². The van der Waals surface area contributed by atoms with Gasteiger partial charge < -0.3 is 10.2 Å². The van der Waals surface area contributed by atoms with Gasteiger partial charge in [-0.25, -0.2) is 12.8 Å². The van der Waals surface area contributed by atoms with Crippen LogP contribution in [0.5, 0.6) is 0 Å². The van der Waals surface area contributed by atoms with Gasteiger partial charge in [0, 0.05) is 43.5 Å². The average molecular weight is 475 g/mol. The molecule has 1 heterocycles. The second-order valence-electron chi connectivity index (χ2n) is 8.50. The number of carbonyl (C=O) groups is 2. The van der Waals surface area contributed by atoms with E-state index < -0.39 is 15.8 Å². The number of nitrogens with zero attached hydrogens (tertiary/aromatic N) is 2. The number of aryl methyl sites for hydroxylation is 1. The molecule has 0 radical (unpaired) electrons. The van der Waals surface area contributed by atoms with Gasteiger partial charge in [-0.1, -0.05) is 6.07 Å². The summed E-state index contributed by atoms with van der Waals surface area (Å²) in [7, 11) is -3.97. The van der Waals surface area contributed by atoms with E-state index in [4.69, 9.17) is 0 Å². The van der Waals surface area contributed by atoms with E-state index in [1.807, 2.05) is 4.90 Å². The van der Waals surface area contributed by atoms with Gasteiger partial charge in [0.1, 0.15) is 5.82 Å². The van der Waals surface area contributed by atoms with Crippen molar-refractivity contribution in [3.8, 4) is 0 Å². The Bertz CT molecular complexity index is 1140. The van der Waals surface area contributed by atoms with E-state index in [9.17, 15) is 22.4 Å². The Morgan fingerprint density at radius 3 is 2.33 bits per heavy atom. The lowest BCUT2D eigenvalue weighted by atomic mass is 10.1. The molecule has 1 aliphatic carbocycles. The lowest BCUT2D eigenvalue weighted by molar-refractivity contribution is -0.122. The minimum Gasteiger partial charge on any atom is -0.352 e. The van der Waals surface area contributed by atoms with Gasteiger partial charge in [-0.15, -0.1) is 0 Å². The van der Waals surface area contributed by atoms with Crippen molar-refractivity contribution in [2.75, 3.05) is 37.4 Å². The molecule has 2 aromatic carbocycles. The third-order valence-electron chi connectivity index (χ3n) is 5.79. The standard InChI is InChI=1S/C23H27FN4O4S/c1-16-2-3-17(14-21(16)33(31,32)26-20-6-4-18(24)5-7-20)23(30)28-12-10-27(11-13-28)15-22(29)25-19-8-9-19/h2-7,14,19,26H,8-13,15H2,1H3,(H,25,29). The van der Waals surface area contributed by atoms with E-state index in [-0.39, 0.29) is 28.0 Å². The molecule has 1 aliphatic heterocycles. The van der Waals surface area contributed by atoms with Crippen LogP contribution in [0.3, 0.4) is 0 Å². The van der Waals surface area contributed by atoms with Crippen LogP contribution in [0.4, 0.5) is 10.1 Å². The number of carbonyl (C=O) groups excluding carboxylic acids is 2. The van der Waals surface area contributed by atoms with Crippen molar-refractivity contribution in [1.29, 1.82) is 0 Å². The Morgan fingerprint density at radius 2 is 1.70 bits per heavy atom. The van der Waals surface area contributed by atoms with E-state index in [2.05, 4.69) is 10.0 Å². The van der Waals surface area contributed by atoms with E-state index in [0.29, 0.717) is 44.3 Å². The fourth-order valence-corrected chi connectivity index (χ4v) is 5.08. The first-order valence-electron chi connectivity index (χ1n) is 10.9. The second kappa shape index (κ2) is 9.48. The van der Waals surface area contributed by atoms with Crippen LogP contribution in [0.1, 0.15) is 28.8 Å². The number of piperazine rings is 1. The third kappa shape index (κ3) is 5.88. The van der Waals surface area contributed by atoms with Crippen LogP contribution in [-0.4, -0.2) is 68.8 Å². The summed E-state index contributed by atoms with van der Waals surface area (Å²) in [5.41, 5.74) is 1.00. The summed E-state index contributed by atoms with van der Waals surface area (Å²) in [5, 5.41) is 2.96. The summed E-state index contributed by atoms with van der Waals surface area (Å²) in [4.78, 5) is 28.7. The lowest BCUT2D eigenvalue weighted by Gasteiger charge is -2.34. The van der Waals surface area contributed by atoms with E-state index in [1.54, 1.807) is 24.0 Å². The number of hydrogen-bond donors (Lipinski definition) is 2. The van der Waals surface area contributed by atoms with Crippen LogP contribution in [0, 0.1) is 12.7 Å². The molecule has 0 unspecified atom stereocenters. The number of anilines is 1. The molecule has 1 saturated carbocycles. The van der Waals surface area contributed by atoms with Gasteiger partial charge in [-0.3, -0.25) is 19.2 Å². The topological polar surface area (TPSA) is 98.8 Å². The highest BCUT2D eigenvalue weighted by Crippen LogP contribution is 2.22. The summed E-state index contributed by atoms with van der Waals surface area (Å²) in [5.74, 6) is -0.708. The van der Waals surface area contributed by atoms with Gasteiger partial charge in [-0.2, -0.15) is 0 Å². The minimum absolute atomic E-state index is 0.00643. The van der Waals surface area contributed by atoms with Crippen molar-refractivity contribution in [3.63, 3.8) is 0 Å². The monoisotopic (exact) mass is 474 g/mol. The Balaban J connectivity index is 1.41. The van der Waals surface area contributed by atoms with E-state index in [0.717, 1.165) is 12.8 Å². The molecule has 0 spiro atoms. The van der Waals surface area contributed by atoms with Crippen LogP contribution < -0.4 is 10.0 Å². The minimum atomic E-state index is -3.97. The summed E-state index contributed by atoms with van der Waals surface area (Å²) in [6, 6.07) is 9.92. The van der Waals surface area contributed by atoms with Gasteiger partial charge >= 0.3 is 0 Å². The molecule has 4 rings (SSSR count). The summed E-state index contributed by atoms with van der Waals surface area (Å²) < 4.78 is 41.4. The summed E-state index contributed by atoms with van der Waals surface area (Å²) in [6.45, 7) is 4.04. The van der Waals surface area contributed by atoms with Crippen molar-refractivity contribution in [2.24, 2.45) is 0 Å². The largest absolute Gasteiger partial charge is 0.352 e. The maximum atomic E-state index is 13.1. The molecular formula is C23H27FN4O4S. The van der Waals surface area contributed by atoms with Crippen molar-refractivity contribution >= 4 is 27.5 Å². The highest BCUT2D eigenvalue weighted by Gasteiger charge is 2.27. The van der Waals surface area contributed by atoms with Crippen LogP contribution in [0.2, 0.25) is 0 Å². The molecule has 8 nitrogen and oxygen atoms in total. The Hall–Kier alpha value is -2.98. The van der Waals surface area contributed by atoms with Crippen LogP contribution in [0.15, 0.2) is 47.4 Å². The van der Waals surface area contributed by atoms with Crippen molar-refractivity contribution in [2.45, 2.75) is 30.7 Å². The third-order valence-corrected chi connectivity index (χ3v) is 7.31. The van der Waals surface area contributed by atoms with E-state index in [1.165, 1.54) is 30.3 Å². The molecular weight excluding hydrogens is 447 g/mol. The summed E-state index contributed by atoms with van der Waals surface area (Å²) >= 11 is 0. The summed E-state index contributed by atoms with van der Waals surface area (Å²) in [6.07, 6.45) is 2.09. The van der Waals surface area contributed by atoms with Gasteiger partial charge in [0.05, 0.1) is 11.4 Å². The number of nitrogens with one attached hydrogen (secondary N) is 2. The smallest absolute Gasteiger partial charge is 0.262 e. The molecule has 10 heteroatoms. The zero-order chi connectivity index (χ0) is 23.6. The fourth-order valence-electron chi connectivity index (χ4n) is 3.75. The highest BCUT2D eigenvalue weighted by molar-refractivity contribution is 7.92. The predicted molar refractivity (Wildman–Crippen MR) is 122 cm³/mol. The molecule has 2 aliphatic rings. The zero-order valence-electron chi connectivity index (χ0n) is 18.4. The Labute approximate surface area is 192 Å². The maximum Gasteiger partial charge on any atom is 0.262 e. The number of rotatable bonds is 7. The maximum absolute atomic E-state index is 13.1. The van der Waals surface area contributed by atoms with Gasteiger partial charge in [-0.05, 0) is 61.7 Å². The van der Waals surface area contributed by atoms with Gasteiger partial charge in [0.2, 0.25) is 5.91 Å². The molecule has 176 valence electrons. The molecule has 2 amide bonds. The van der Waals surface area contributed by atoms with Gasteiger partial charge in [0.25, 0.3) is 15.9 Å². The molecule has 0 bridgehead atoms. The first kappa shape index (κ1) is 23.2. The number of amides is 2. The zero-order valence-corrected chi connectivity index (χ0v) is 19.2. The Kier molecular flexibility index (Phi) is 6.66. The molecule has 2 fully saturated rings. The lowest BCUT2D eigenvalue weighted by Crippen LogP contribution is -2.51. The predicted octanol–water partition coefficient (Wildman–Crippen LogP) is 1.97. The Morgan fingerprint density at radius 1 is 1.03 bits per heavy atom. The second-order valence-corrected chi connectivity index (χ2v) is 10.2. The molecule has 1 saturated heterocycles.